The van der Waals surface area contributed by atoms with E-state index < -0.39 is 0 Å². The summed E-state index contributed by atoms with van der Waals surface area (Å²) in [6, 6.07) is 7.92. The van der Waals surface area contributed by atoms with E-state index in [2.05, 4.69) is 6.58 Å². The molecule has 1 nitrogen and oxygen atoms in total. The van der Waals surface area contributed by atoms with Gasteiger partial charge >= 0.3 is 0 Å². The van der Waals surface area contributed by atoms with Gasteiger partial charge in [0.1, 0.15) is 5.75 Å². The standard InChI is InChI=1S/C12H15ClO/c1-9(2)14-12-6-4-5-11(8-12)7-10(3)13/h4-6,8-9H,3,7H2,1-2H3. The predicted octanol–water partition coefficient (Wildman–Crippen LogP) is 3.77. The van der Waals surface area contributed by atoms with E-state index in [-0.39, 0.29) is 6.10 Å². The first-order valence-electron chi connectivity index (χ1n) is 4.67. The van der Waals surface area contributed by atoms with Gasteiger partial charge in [-0.1, -0.05) is 30.3 Å². The maximum Gasteiger partial charge on any atom is 0.119 e. The summed E-state index contributed by atoms with van der Waals surface area (Å²) < 4.78 is 5.56. The smallest absolute Gasteiger partial charge is 0.119 e. The molecule has 0 aliphatic rings. The number of ether oxygens (including phenoxy) is 1. The van der Waals surface area contributed by atoms with Crippen molar-refractivity contribution in [3.8, 4) is 5.75 Å². The molecule has 0 atom stereocenters. The number of benzene rings is 1. The molecular weight excluding hydrogens is 196 g/mol. The van der Waals surface area contributed by atoms with E-state index in [4.69, 9.17) is 16.3 Å². The molecule has 2 heteroatoms. The first-order chi connectivity index (χ1) is 6.58. The van der Waals surface area contributed by atoms with Crippen LogP contribution in [-0.4, -0.2) is 6.10 Å². The van der Waals surface area contributed by atoms with Gasteiger partial charge in [-0.2, -0.15) is 0 Å². The van der Waals surface area contributed by atoms with Gasteiger partial charge in [0.25, 0.3) is 0 Å². The van der Waals surface area contributed by atoms with E-state index in [0.717, 1.165) is 11.3 Å². The first-order valence-corrected chi connectivity index (χ1v) is 5.04. The van der Waals surface area contributed by atoms with Gasteiger partial charge in [-0.3, -0.25) is 0 Å². The molecule has 0 saturated heterocycles. The minimum Gasteiger partial charge on any atom is -0.491 e. The summed E-state index contributed by atoms with van der Waals surface area (Å²) in [5.41, 5.74) is 1.13. The summed E-state index contributed by atoms with van der Waals surface area (Å²) in [6.45, 7) is 7.68. The quantitative estimate of drug-likeness (QED) is 0.735. The fourth-order valence-corrected chi connectivity index (χ4v) is 1.38. The summed E-state index contributed by atoms with van der Waals surface area (Å²) in [6.07, 6.45) is 0.890. The average Bonchev–Trinajstić information content (AvgIpc) is 2.01. The average molecular weight is 211 g/mol. The second-order valence-corrected chi connectivity index (χ2v) is 4.04. The Morgan fingerprint density at radius 2 is 2.21 bits per heavy atom. The monoisotopic (exact) mass is 210 g/mol. The molecule has 1 aromatic carbocycles. The van der Waals surface area contributed by atoms with E-state index in [1.54, 1.807) is 0 Å². The molecule has 0 aliphatic heterocycles. The molecule has 0 spiro atoms. The van der Waals surface area contributed by atoms with Crippen LogP contribution in [0.15, 0.2) is 35.9 Å². The van der Waals surface area contributed by atoms with Crippen LogP contribution in [0, 0.1) is 0 Å². The fourth-order valence-electron chi connectivity index (χ4n) is 1.22. The third-order valence-electron chi connectivity index (χ3n) is 1.67. The first kappa shape index (κ1) is 11.1. The highest BCUT2D eigenvalue weighted by atomic mass is 35.5. The van der Waals surface area contributed by atoms with Crippen LogP contribution in [0.4, 0.5) is 0 Å². The zero-order valence-corrected chi connectivity index (χ0v) is 9.34. The van der Waals surface area contributed by atoms with Gasteiger partial charge in [-0.05, 0) is 31.5 Å². The topological polar surface area (TPSA) is 9.23 Å². The Kier molecular flexibility index (Phi) is 4.02. The van der Waals surface area contributed by atoms with Crippen molar-refractivity contribution in [1.82, 2.24) is 0 Å². The summed E-state index contributed by atoms with van der Waals surface area (Å²) in [5, 5.41) is 0.645. The Bertz CT molecular complexity index is 318. The van der Waals surface area contributed by atoms with Crippen LogP contribution in [0.2, 0.25) is 0 Å². The van der Waals surface area contributed by atoms with E-state index in [1.165, 1.54) is 0 Å². The second kappa shape index (κ2) is 5.06. The van der Waals surface area contributed by atoms with Crippen LogP contribution < -0.4 is 4.74 Å². The molecule has 0 N–H and O–H groups in total. The number of hydrogen-bond donors (Lipinski definition) is 0. The van der Waals surface area contributed by atoms with Crippen LogP contribution >= 0.6 is 11.6 Å². The number of hydrogen-bond acceptors (Lipinski definition) is 1. The highest BCUT2D eigenvalue weighted by molar-refractivity contribution is 6.29. The van der Waals surface area contributed by atoms with E-state index in [0.29, 0.717) is 11.5 Å². The van der Waals surface area contributed by atoms with Gasteiger partial charge in [0.05, 0.1) is 6.10 Å². The molecule has 0 radical (unpaired) electrons. The third-order valence-corrected chi connectivity index (χ3v) is 1.80. The van der Waals surface area contributed by atoms with Crippen molar-refractivity contribution in [2.45, 2.75) is 26.4 Å². The summed E-state index contributed by atoms with van der Waals surface area (Å²) in [5.74, 6) is 0.885. The maximum absolute atomic E-state index is 5.74. The van der Waals surface area contributed by atoms with Gasteiger partial charge < -0.3 is 4.74 Å². The largest absolute Gasteiger partial charge is 0.491 e. The lowest BCUT2D eigenvalue weighted by atomic mass is 10.1. The van der Waals surface area contributed by atoms with Crippen molar-refractivity contribution in [1.29, 1.82) is 0 Å². The van der Waals surface area contributed by atoms with E-state index >= 15 is 0 Å². The van der Waals surface area contributed by atoms with Gasteiger partial charge in [0, 0.05) is 11.5 Å². The zero-order chi connectivity index (χ0) is 10.6. The Morgan fingerprint density at radius 1 is 1.50 bits per heavy atom. The van der Waals surface area contributed by atoms with Crippen molar-refractivity contribution in [2.75, 3.05) is 0 Å². The summed E-state index contributed by atoms with van der Waals surface area (Å²) in [7, 11) is 0. The van der Waals surface area contributed by atoms with Crippen LogP contribution in [0.5, 0.6) is 5.75 Å². The van der Waals surface area contributed by atoms with Crippen molar-refractivity contribution >= 4 is 11.6 Å². The lowest BCUT2D eigenvalue weighted by Gasteiger charge is -2.10. The molecule has 76 valence electrons. The molecule has 0 amide bonds. The molecule has 0 unspecified atom stereocenters. The second-order valence-electron chi connectivity index (χ2n) is 3.51. The van der Waals surface area contributed by atoms with Crippen LogP contribution in [0.3, 0.4) is 0 Å². The molecular formula is C12H15ClO. The van der Waals surface area contributed by atoms with Crippen LogP contribution in [0.25, 0.3) is 0 Å². The SMILES string of the molecule is C=C(Cl)Cc1cccc(OC(C)C)c1. The molecule has 0 heterocycles. The zero-order valence-electron chi connectivity index (χ0n) is 8.59. The number of halogens is 1. The Morgan fingerprint density at radius 3 is 2.79 bits per heavy atom. The molecule has 14 heavy (non-hydrogen) atoms. The van der Waals surface area contributed by atoms with Crippen molar-refractivity contribution in [2.24, 2.45) is 0 Å². The molecule has 0 aliphatic carbocycles. The summed E-state index contributed by atoms with van der Waals surface area (Å²) in [4.78, 5) is 0. The van der Waals surface area contributed by atoms with Crippen LogP contribution in [-0.2, 0) is 6.42 Å². The Hall–Kier alpha value is -0.950. The van der Waals surface area contributed by atoms with Gasteiger partial charge in [0.2, 0.25) is 0 Å². The highest BCUT2D eigenvalue weighted by Gasteiger charge is 1.99. The maximum atomic E-state index is 5.74. The van der Waals surface area contributed by atoms with Gasteiger partial charge in [-0.25, -0.2) is 0 Å². The number of allylic oxidation sites excluding steroid dienone is 1. The number of rotatable bonds is 4. The Balaban J connectivity index is 2.73. The van der Waals surface area contributed by atoms with Crippen LogP contribution in [0.1, 0.15) is 19.4 Å². The van der Waals surface area contributed by atoms with Crippen molar-refractivity contribution < 1.29 is 4.74 Å². The van der Waals surface area contributed by atoms with Gasteiger partial charge in [0.15, 0.2) is 0 Å². The lowest BCUT2D eigenvalue weighted by molar-refractivity contribution is 0.242. The van der Waals surface area contributed by atoms with Gasteiger partial charge in [-0.15, -0.1) is 0 Å². The molecule has 0 fully saturated rings. The lowest BCUT2D eigenvalue weighted by Crippen LogP contribution is -2.05. The minimum atomic E-state index is 0.199. The molecule has 0 saturated carbocycles. The van der Waals surface area contributed by atoms with Crippen molar-refractivity contribution in [3.05, 3.63) is 41.4 Å². The van der Waals surface area contributed by atoms with E-state index in [1.807, 2.05) is 38.1 Å². The third kappa shape index (κ3) is 3.84. The Labute approximate surface area is 90.3 Å². The minimum absolute atomic E-state index is 0.199. The molecule has 0 aromatic heterocycles. The normalized spacial score (nSPS) is 10.3. The summed E-state index contributed by atoms with van der Waals surface area (Å²) >= 11 is 5.74. The molecule has 0 bridgehead atoms. The predicted molar refractivity (Wildman–Crippen MR) is 60.9 cm³/mol. The molecule has 1 aromatic rings. The fraction of sp³-hybridized carbons (Fsp3) is 0.333. The molecule has 1 rings (SSSR count). The van der Waals surface area contributed by atoms with E-state index in [9.17, 15) is 0 Å². The van der Waals surface area contributed by atoms with Crippen molar-refractivity contribution in [3.63, 3.8) is 0 Å². The highest BCUT2D eigenvalue weighted by Crippen LogP contribution is 2.17.